The predicted molar refractivity (Wildman–Crippen MR) is 75.2 cm³/mol. The minimum absolute atomic E-state index is 0.0867. The van der Waals surface area contributed by atoms with Crippen molar-refractivity contribution in [3.63, 3.8) is 0 Å². The smallest absolute Gasteiger partial charge is 0.328 e. The van der Waals surface area contributed by atoms with Crippen LogP contribution in [-0.2, 0) is 4.79 Å². The lowest BCUT2D eigenvalue weighted by Crippen LogP contribution is -1.90. The van der Waals surface area contributed by atoms with E-state index in [1.807, 2.05) is 0 Å². The molecule has 0 saturated heterocycles. The number of benzene rings is 1. The minimum Gasteiger partial charge on any atom is -0.478 e. The molecule has 2 rings (SSSR count). The Morgan fingerprint density at radius 2 is 2.10 bits per heavy atom. The van der Waals surface area contributed by atoms with Crippen molar-refractivity contribution in [2.75, 3.05) is 0 Å². The van der Waals surface area contributed by atoms with Gasteiger partial charge in [-0.3, -0.25) is 10.1 Å². The van der Waals surface area contributed by atoms with Crippen LogP contribution in [-0.4, -0.2) is 16.0 Å². The molecule has 6 nitrogen and oxygen atoms in total. The van der Waals surface area contributed by atoms with Crippen LogP contribution in [0.2, 0.25) is 0 Å². The van der Waals surface area contributed by atoms with E-state index in [1.165, 1.54) is 12.1 Å². The fourth-order valence-corrected chi connectivity index (χ4v) is 2.15. The summed E-state index contributed by atoms with van der Waals surface area (Å²) >= 11 is 3.25. The first kappa shape index (κ1) is 14.0. The number of nitrogens with zero attached hydrogens (tertiary/aromatic N) is 1. The number of rotatable bonds is 4. The van der Waals surface area contributed by atoms with Crippen molar-refractivity contribution in [1.29, 1.82) is 0 Å². The van der Waals surface area contributed by atoms with E-state index in [9.17, 15) is 14.9 Å². The zero-order chi connectivity index (χ0) is 14.7. The van der Waals surface area contributed by atoms with Gasteiger partial charge in [0.05, 0.1) is 15.0 Å². The summed E-state index contributed by atoms with van der Waals surface area (Å²) in [7, 11) is 0. The summed E-state index contributed by atoms with van der Waals surface area (Å²) in [5.41, 5.74) is 0.232. The standard InChI is InChI=1S/C13H8BrNO5/c14-10-7-8(5-6-12(16)17)20-13(10)9-3-1-2-4-11(9)15(18)19/h1-7H,(H,16,17)/b6-5+. The van der Waals surface area contributed by atoms with Crippen molar-refractivity contribution in [3.05, 3.63) is 56.8 Å². The lowest BCUT2D eigenvalue weighted by molar-refractivity contribution is -0.384. The summed E-state index contributed by atoms with van der Waals surface area (Å²) in [6, 6.07) is 7.70. The number of nitro benzene ring substituents is 1. The number of furan rings is 1. The molecule has 1 heterocycles. The highest BCUT2D eigenvalue weighted by Gasteiger charge is 2.20. The Labute approximate surface area is 121 Å². The fourth-order valence-electron chi connectivity index (χ4n) is 1.63. The van der Waals surface area contributed by atoms with Gasteiger partial charge in [0.15, 0.2) is 5.76 Å². The quantitative estimate of drug-likeness (QED) is 0.521. The molecule has 102 valence electrons. The number of halogens is 1. The Hall–Kier alpha value is -2.41. The molecule has 7 heteroatoms. The third-order valence-corrected chi connectivity index (χ3v) is 3.03. The van der Waals surface area contributed by atoms with Crippen molar-refractivity contribution >= 4 is 33.7 Å². The number of hydrogen-bond donors (Lipinski definition) is 1. The first-order chi connectivity index (χ1) is 9.49. The van der Waals surface area contributed by atoms with Crippen molar-refractivity contribution in [2.24, 2.45) is 0 Å². The maximum Gasteiger partial charge on any atom is 0.328 e. The first-order valence-corrected chi connectivity index (χ1v) is 6.22. The molecule has 0 saturated carbocycles. The number of carbonyl (C=O) groups is 1. The Bertz CT molecular complexity index is 705. The molecule has 1 aromatic carbocycles. The highest BCUT2D eigenvalue weighted by Crippen LogP contribution is 2.37. The van der Waals surface area contributed by atoms with Gasteiger partial charge < -0.3 is 9.52 Å². The summed E-state index contributed by atoms with van der Waals surface area (Å²) < 4.78 is 5.95. The molecule has 0 aliphatic carbocycles. The van der Waals surface area contributed by atoms with E-state index >= 15 is 0 Å². The molecule has 0 aliphatic heterocycles. The maximum atomic E-state index is 11.0. The number of carboxylic acids is 1. The summed E-state index contributed by atoms with van der Waals surface area (Å²) in [6.07, 6.45) is 2.19. The number of carboxylic acid groups (broad SMARTS) is 1. The van der Waals surface area contributed by atoms with Gasteiger partial charge >= 0.3 is 5.97 Å². The Kier molecular flexibility index (Phi) is 3.99. The van der Waals surface area contributed by atoms with Crippen molar-refractivity contribution in [1.82, 2.24) is 0 Å². The summed E-state index contributed by atoms with van der Waals surface area (Å²) in [6.45, 7) is 0. The molecule has 0 radical (unpaired) electrons. The van der Waals surface area contributed by atoms with Gasteiger partial charge in [-0.1, -0.05) is 12.1 Å². The van der Waals surface area contributed by atoms with Crippen LogP contribution in [0.25, 0.3) is 17.4 Å². The predicted octanol–water partition coefficient (Wildman–Crippen LogP) is 3.72. The number of hydrogen-bond acceptors (Lipinski definition) is 4. The molecular weight excluding hydrogens is 330 g/mol. The summed E-state index contributed by atoms with van der Waals surface area (Å²) in [4.78, 5) is 20.9. The van der Waals surface area contributed by atoms with E-state index in [2.05, 4.69) is 15.9 Å². The summed E-state index contributed by atoms with van der Waals surface area (Å²) in [5.74, 6) is -0.542. The Morgan fingerprint density at radius 3 is 2.75 bits per heavy atom. The topological polar surface area (TPSA) is 93.6 Å². The van der Waals surface area contributed by atoms with Crippen molar-refractivity contribution < 1.29 is 19.2 Å². The van der Waals surface area contributed by atoms with Gasteiger partial charge in [-0.15, -0.1) is 0 Å². The van der Waals surface area contributed by atoms with Gasteiger partial charge in [0.25, 0.3) is 5.69 Å². The average molecular weight is 338 g/mol. The lowest BCUT2D eigenvalue weighted by atomic mass is 10.1. The van der Waals surface area contributed by atoms with E-state index in [0.717, 1.165) is 6.08 Å². The van der Waals surface area contributed by atoms with Crippen LogP contribution in [0.15, 0.2) is 45.3 Å². The highest BCUT2D eigenvalue weighted by atomic mass is 79.9. The number of nitro groups is 1. The number of para-hydroxylation sites is 1. The van der Waals surface area contributed by atoms with E-state index < -0.39 is 10.9 Å². The molecule has 0 fully saturated rings. The Balaban J connectivity index is 2.49. The third-order valence-electron chi connectivity index (χ3n) is 2.44. The molecule has 1 N–H and O–H groups in total. The van der Waals surface area contributed by atoms with Crippen LogP contribution in [0.5, 0.6) is 0 Å². The molecule has 0 spiro atoms. The first-order valence-electron chi connectivity index (χ1n) is 5.43. The van der Waals surface area contributed by atoms with Gasteiger partial charge in [-0.2, -0.15) is 0 Å². The van der Waals surface area contributed by atoms with Crippen LogP contribution < -0.4 is 0 Å². The SMILES string of the molecule is O=C(O)/C=C/c1cc(Br)c(-c2ccccc2[N+](=O)[O-])o1. The third kappa shape index (κ3) is 2.94. The highest BCUT2D eigenvalue weighted by molar-refractivity contribution is 9.10. The zero-order valence-corrected chi connectivity index (χ0v) is 11.5. The van der Waals surface area contributed by atoms with Gasteiger partial charge in [0.2, 0.25) is 0 Å². The van der Waals surface area contributed by atoms with E-state index in [-0.39, 0.29) is 17.2 Å². The van der Waals surface area contributed by atoms with Gasteiger partial charge in [-0.05, 0) is 34.1 Å². The molecule has 0 atom stereocenters. The largest absolute Gasteiger partial charge is 0.478 e. The second-order valence-corrected chi connectivity index (χ2v) is 4.63. The molecule has 2 aromatic rings. The van der Waals surface area contributed by atoms with Crippen LogP contribution in [0, 0.1) is 10.1 Å². The van der Waals surface area contributed by atoms with Crippen LogP contribution >= 0.6 is 15.9 Å². The average Bonchev–Trinajstić information content (AvgIpc) is 2.77. The molecule has 0 bridgehead atoms. The van der Waals surface area contributed by atoms with Crippen LogP contribution in [0.4, 0.5) is 5.69 Å². The van der Waals surface area contributed by atoms with Crippen LogP contribution in [0.3, 0.4) is 0 Å². The van der Waals surface area contributed by atoms with Crippen LogP contribution in [0.1, 0.15) is 5.76 Å². The number of aliphatic carboxylic acids is 1. The second kappa shape index (κ2) is 5.70. The van der Waals surface area contributed by atoms with Gasteiger partial charge in [-0.25, -0.2) is 4.79 Å². The van der Waals surface area contributed by atoms with Crippen molar-refractivity contribution in [2.45, 2.75) is 0 Å². The molecule has 1 aromatic heterocycles. The summed E-state index contributed by atoms with van der Waals surface area (Å²) in [5, 5.41) is 19.5. The molecular formula is C13H8BrNO5. The molecule has 0 amide bonds. The molecule has 20 heavy (non-hydrogen) atoms. The fraction of sp³-hybridized carbons (Fsp3) is 0. The molecule has 0 aliphatic rings. The van der Waals surface area contributed by atoms with E-state index in [4.69, 9.17) is 9.52 Å². The van der Waals surface area contributed by atoms with Gasteiger partial charge in [0.1, 0.15) is 5.76 Å². The monoisotopic (exact) mass is 337 g/mol. The molecule has 0 unspecified atom stereocenters. The Morgan fingerprint density at radius 1 is 1.40 bits per heavy atom. The zero-order valence-electron chi connectivity index (χ0n) is 9.95. The maximum absolute atomic E-state index is 11.0. The lowest BCUT2D eigenvalue weighted by Gasteiger charge is -1.99. The van der Waals surface area contributed by atoms with E-state index in [0.29, 0.717) is 10.0 Å². The minimum atomic E-state index is -1.11. The van der Waals surface area contributed by atoms with Crippen molar-refractivity contribution in [3.8, 4) is 11.3 Å². The van der Waals surface area contributed by atoms with E-state index in [1.54, 1.807) is 24.3 Å². The van der Waals surface area contributed by atoms with Gasteiger partial charge in [0, 0.05) is 12.1 Å². The normalized spacial score (nSPS) is 10.8. The second-order valence-electron chi connectivity index (χ2n) is 3.77.